The maximum absolute atomic E-state index is 13.3. The predicted octanol–water partition coefficient (Wildman–Crippen LogP) is 2.21. The third kappa shape index (κ3) is 6.14. The first kappa shape index (κ1) is 21.6. The molecule has 0 amide bonds. The first-order valence-electron chi connectivity index (χ1n) is 8.09. The van der Waals surface area contributed by atoms with Crippen LogP contribution >= 0.6 is 28.1 Å². The normalized spacial score (nSPS) is 22.0. The van der Waals surface area contributed by atoms with Gasteiger partial charge in [0.05, 0.1) is 16.2 Å². The Morgan fingerprint density at radius 2 is 2.00 bits per heavy atom. The van der Waals surface area contributed by atoms with Crippen LogP contribution in [0.2, 0.25) is 0 Å². The van der Waals surface area contributed by atoms with Crippen molar-refractivity contribution >= 4 is 51.1 Å². The fraction of sp³-hybridized carbons (Fsp3) is 0.400. The van der Waals surface area contributed by atoms with E-state index in [1.54, 1.807) is 0 Å². The molecule has 0 atom stereocenters. The van der Waals surface area contributed by atoms with Crippen LogP contribution in [0, 0.1) is 5.82 Å². The van der Waals surface area contributed by atoms with Crippen molar-refractivity contribution in [3.05, 3.63) is 28.5 Å². The molecule has 1 fully saturated rings. The molecule has 1 aromatic rings. The minimum Gasteiger partial charge on any atom is -0.410 e. The number of hydrogen-bond donors (Lipinski definition) is 6. The maximum atomic E-state index is 13.3. The average Bonchev–Trinajstić information content (AvgIpc) is 2.66. The summed E-state index contributed by atoms with van der Waals surface area (Å²) in [5.41, 5.74) is 7.89. The molecule has 0 heterocycles. The van der Waals surface area contributed by atoms with Gasteiger partial charge in [0.25, 0.3) is 0 Å². The van der Waals surface area contributed by atoms with Crippen LogP contribution in [0.4, 0.5) is 10.1 Å². The van der Waals surface area contributed by atoms with E-state index in [1.807, 2.05) is 5.48 Å². The molecule has 1 saturated carbocycles. The fourth-order valence-electron chi connectivity index (χ4n) is 2.71. The van der Waals surface area contributed by atoms with E-state index in [-0.39, 0.29) is 27.9 Å². The highest BCUT2D eigenvalue weighted by atomic mass is 79.9. The smallest absolute Gasteiger partial charge is 0.188 e. The first-order valence-corrected chi connectivity index (χ1v) is 9.77. The molecule has 0 saturated heterocycles. The van der Waals surface area contributed by atoms with E-state index >= 15 is 0 Å². The van der Waals surface area contributed by atoms with Crippen molar-refractivity contribution in [1.82, 2.24) is 10.2 Å². The highest BCUT2D eigenvalue weighted by Crippen LogP contribution is 2.23. The van der Waals surface area contributed by atoms with Crippen LogP contribution in [0.15, 0.2) is 37.8 Å². The van der Waals surface area contributed by atoms with Gasteiger partial charge in [-0.05, 0) is 59.8 Å². The molecule has 0 aliphatic heterocycles. The van der Waals surface area contributed by atoms with Crippen molar-refractivity contribution < 1.29 is 14.8 Å². The molecule has 1 aliphatic carbocycles. The summed E-state index contributed by atoms with van der Waals surface area (Å²) in [6.45, 7) is 0. The molecule has 12 heteroatoms. The molecule has 9 nitrogen and oxygen atoms in total. The number of benzene rings is 1. The lowest BCUT2D eigenvalue weighted by Gasteiger charge is -2.26. The van der Waals surface area contributed by atoms with Gasteiger partial charge in [-0.25, -0.2) is 14.1 Å². The van der Waals surface area contributed by atoms with Crippen molar-refractivity contribution in [2.24, 2.45) is 26.0 Å². The van der Waals surface area contributed by atoms with Gasteiger partial charge in [0.2, 0.25) is 0 Å². The van der Waals surface area contributed by atoms with Crippen LogP contribution in [0.25, 0.3) is 0 Å². The van der Waals surface area contributed by atoms with Gasteiger partial charge in [-0.2, -0.15) is 0 Å². The number of rotatable bonds is 6. The summed E-state index contributed by atoms with van der Waals surface area (Å²) in [5.74, 6) is -0.738. The zero-order valence-electron chi connectivity index (χ0n) is 14.3. The maximum Gasteiger partial charge on any atom is 0.188 e. The minimum atomic E-state index is -0.456. The van der Waals surface area contributed by atoms with Gasteiger partial charge in [0, 0.05) is 18.2 Å². The lowest BCUT2D eigenvalue weighted by atomic mass is 9.92. The monoisotopic (exact) mass is 461 g/mol. The van der Waals surface area contributed by atoms with Gasteiger partial charge in [-0.3, -0.25) is 20.8 Å². The fourth-order valence-corrected chi connectivity index (χ4v) is 3.51. The molecular formula is C15H21BrFN7O2S. The lowest BCUT2D eigenvalue weighted by Crippen LogP contribution is -2.39. The second-order valence-corrected chi connectivity index (χ2v) is 7.20. The summed E-state index contributed by atoms with van der Waals surface area (Å²) in [6.07, 6.45) is 3.36. The Labute approximate surface area is 168 Å². The number of hydroxylamine groups is 1. The quantitative estimate of drug-likeness (QED) is 0.125. The highest BCUT2D eigenvalue weighted by molar-refractivity contribution is 9.10. The molecule has 27 heavy (non-hydrogen) atoms. The number of oxime groups is 1. The van der Waals surface area contributed by atoms with Gasteiger partial charge >= 0.3 is 0 Å². The highest BCUT2D eigenvalue weighted by Gasteiger charge is 2.22. The molecule has 1 aromatic carbocycles. The van der Waals surface area contributed by atoms with Crippen molar-refractivity contribution in [1.29, 1.82) is 0 Å². The predicted molar refractivity (Wildman–Crippen MR) is 108 cm³/mol. The van der Waals surface area contributed by atoms with Crippen molar-refractivity contribution in [2.45, 2.75) is 37.8 Å². The second kappa shape index (κ2) is 10.6. The molecule has 0 unspecified atom stereocenters. The summed E-state index contributed by atoms with van der Waals surface area (Å²) >= 11 is 4.15. The van der Waals surface area contributed by atoms with Gasteiger partial charge in [-0.15, -0.1) is 0 Å². The molecule has 0 aromatic heterocycles. The summed E-state index contributed by atoms with van der Waals surface area (Å²) in [4.78, 5) is 8.46. The summed E-state index contributed by atoms with van der Waals surface area (Å²) < 4.78 is 16.6. The minimum absolute atomic E-state index is 0.0394. The number of nitrogens with two attached hydrogens (primary N) is 2. The van der Waals surface area contributed by atoms with E-state index in [4.69, 9.17) is 10.9 Å². The molecule has 0 radical (unpaired) electrons. The number of nitrogens with zero attached hydrogens (tertiary/aromatic N) is 3. The Hall–Kier alpha value is -1.73. The Morgan fingerprint density at radius 1 is 1.30 bits per heavy atom. The van der Waals surface area contributed by atoms with Crippen LogP contribution in [0.5, 0.6) is 0 Å². The summed E-state index contributed by atoms with van der Waals surface area (Å²) in [5, 5.41) is 27.2. The van der Waals surface area contributed by atoms with Gasteiger partial charge in [0.15, 0.2) is 17.4 Å². The summed E-state index contributed by atoms with van der Waals surface area (Å²) in [6, 6.07) is 4.29. The SMILES string of the molecule is NSNC1CCC(N=C(N)/C(=N\O)C(=Nc2ccc(F)c(Br)c2)NO)CC1. The topological polar surface area (TPSA) is 154 Å². The molecule has 0 spiro atoms. The standard InChI is InChI=1S/C15H21BrFN7O2S/c16-11-7-10(5-6-12(11)17)21-15(23-26)13(22-25)14(18)20-8-1-3-9(4-2-8)24-27-19/h5-9,24-26H,1-4,19H2,(H2,18,20)(H,21,23)/b22-13+. The van der Waals surface area contributed by atoms with Crippen LogP contribution in [0.3, 0.4) is 0 Å². The van der Waals surface area contributed by atoms with Crippen LogP contribution in [0.1, 0.15) is 25.7 Å². The third-order valence-electron chi connectivity index (χ3n) is 4.07. The Kier molecular flexibility index (Phi) is 8.44. The van der Waals surface area contributed by atoms with Crippen molar-refractivity contribution in [3.8, 4) is 0 Å². The zero-order chi connectivity index (χ0) is 19.8. The Balaban J connectivity index is 2.15. The van der Waals surface area contributed by atoms with Crippen molar-refractivity contribution in [2.75, 3.05) is 0 Å². The van der Waals surface area contributed by atoms with E-state index in [9.17, 15) is 14.8 Å². The Morgan fingerprint density at radius 3 is 2.56 bits per heavy atom. The molecule has 8 N–H and O–H groups in total. The van der Waals surface area contributed by atoms with Gasteiger partial charge in [0.1, 0.15) is 5.82 Å². The van der Waals surface area contributed by atoms with E-state index in [1.165, 1.54) is 18.2 Å². The third-order valence-corrected chi connectivity index (χ3v) is 5.15. The van der Waals surface area contributed by atoms with E-state index in [0.29, 0.717) is 11.7 Å². The van der Waals surface area contributed by atoms with Crippen LogP contribution in [-0.4, -0.2) is 39.9 Å². The zero-order valence-corrected chi connectivity index (χ0v) is 16.7. The van der Waals surface area contributed by atoms with E-state index in [2.05, 4.69) is 35.8 Å². The van der Waals surface area contributed by atoms with Crippen LogP contribution < -0.4 is 21.1 Å². The largest absolute Gasteiger partial charge is 0.410 e. The number of hydrogen-bond acceptors (Lipinski definition) is 8. The number of aliphatic imine (C=N–C) groups is 2. The van der Waals surface area contributed by atoms with Gasteiger partial charge < -0.3 is 10.9 Å². The molecule has 0 bridgehead atoms. The lowest BCUT2D eigenvalue weighted by molar-refractivity contribution is 0.236. The molecule has 148 valence electrons. The number of nitrogens with one attached hydrogen (secondary N) is 2. The Bertz CT molecular complexity index is 739. The molecule has 1 aliphatic rings. The average molecular weight is 462 g/mol. The van der Waals surface area contributed by atoms with E-state index < -0.39 is 5.82 Å². The first-order chi connectivity index (χ1) is 13.0. The van der Waals surface area contributed by atoms with E-state index in [0.717, 1.165) is 37.8 Å². The van der Waals surface area contributed by atoms with Crippen LogP contribution in [-0.2, 0) is 0 Å². The summed E-state index contributed by atoms with van der Waals surface area (Å²) in [7, 11) is 0. The van der Waals surface area contributed by atoms with Crippen molar-refractivity contribution in [3.63, 3.8) is 0 Å². The second-order valence-electron chi connectivity index (χ2n) is 5.87. The number of halogens is 2. The molecular weight excluding hydrogens is 441 g/mol. The number of amidine groups is 2. The van der Waals surface area contributed by atoms with Gasteiger partial charge in [-0.1, -0.05) is 5.16 Å². The molecule has 2 rings (SSSR count).